The van der Waals surface area contributed by atoms with Crippen LogP contribution in [0.15, 0.2) is 24.3 Å². The van der Waals surface area contributed by atoms with Crippen molar-refractivity contribution in [3.63, 3.8) is 0 Å². The molecule has 0 radical (unpaired) electrons. The normalized spacial score (nSPS) is 19.7. The molecule has 2 rings (SSSR count). The van der Waals surface area contributed by atoms with Gasteiger partial charge in [0.1, 0.15) is 5.82 Å². The summed E-state index contributed by atoms with van der Waals surface area (Å²) in [6, 6.07) is 6.62. The molecular weight excluding hydrogens is 231 g/mol. The first kappa shape index (κ1) is 12.9. The second-order valence-electron chi connectivity index (χ2n) is 4.68. The molecule has 18 heavy (non-hydrogen) atoms. The van der Waals surface area contributed by atoms with Crippen LogP contribution in [0, 0.1) is 5.82 Å². The molecule has 1 aliphatic heterocycles. The van der Waals surface area contributed by atoms with Crippen molar-refractivity contribution in [1.82, 2.24) is 4.90 Å². The maximum atomic E-state index is 12.8. The molecule has 1 aromatic rings. The summed E-state index contributed by atoms with van der Waals surface area (Å²) in [7, 11) is 0. The van der Waals surface area contributed by atoms with E-state index in [0.717, 1.165) is 31.6 Å². The molecule has 0 bridgehead atoms. The second-order valence-corrected chi connectivity index (χ2v) is 4.68. The Morgan fingerprint density at radius 1 is 1.44 bits per heavy atom. The van der Waals surface area contributed by atoms with Gasteiger partial charge in [0.05, 0.1) is 0 Å². The number of carbonyl (C=O) groups is 1. The summed E-state index contributed by atoms with van der Waals surface area (Å²) >= 11 is 0. The molecule has 1 amide bonds. The van der Waals surface area contributed by atoms with Gasteiger partial charge in [0, 0.05) is 31.2 Å². The lowest BCUT2D eigenvalue weighted by atomic mass is 10.0. The van der Waals surface area contributed by atoms with Crippen molar-refractivity contribution in [2.45, 2.75) is 32.2 Å². The van der Waals surface area contributed by atoms with Crippen molar-refractivity contribution in [2.24, 2.45) is 0 Å². The number of nitrogens with one attached hydrogen (secondary N) is 1. The Hall–Kier alpha value is -1.58. The van der Waals surface area contributed by atoms with Gasteiger partial charge in [-0.05, 0) is 37.1 Å². The number of nitrogens with zero attached hydrogens (tertiary/aromatic N) is 1. The quantitative estimate of drug-likeness (QED) is 0.894. The first-order chi connectivity index (χ1) is 8.69. The molecule has 98 valence electrons. The average Bonchev–Trinajstić information content (AvgIpc) is 2.41. The molecule has 1 unspecified atom stereocenters. The van der Waals surface area contributed by atoms with Crippen molar-refractivity contribution >= 4 is 11.6 Å². The highest BCUT2D eigenvalue weighted by molar-refractivity contribution is 5.76. The molecule has 4 heteroatoms. The summed E-state index contributed by atoms with van der Waals surface area (Å²) in [5, 5.41) is 3.36. The molecule has 1 aliphatic rings. The maximum Gasteiger partial charge on any atom is 0.222 e. The molecule has 1 saturated heterocycles. The van der Waals surface area contributed by atoms with Crippen molar-refractivity contribution in [3.05, 3.63) is 30.1 Å². The number of hydrogen-bond donors (Lipinski definition) is 1. The highest BCUT2D eigenvalue weighted by Crippen LogP contribution is 2.17. The third-order valence-electron chi connectivity index (χ3n) is 3.29. The van der Waals surface area contributed by atoms with E-state index in [4.69, 9.17) is 0 Å². The van der Waals surface area contributed by atoms with Crippen LogP contribution in [0.3, 0.4) is 0 Å². The third-order valence-corrected chi connectivity index (χ3v) is 3.29. The molecule has 1 N–H and O–H groups in total. The summed E-state index contributed by atoms with van der Waals surface area (Å²) in [5.41, 5.74) is 0.909. The topological polar surface area (TPSA) is 32.3 Å². The standard InChI is InChI=1S/C14H19FN2O/c1-2-14(18)17-9-3-4-13(10-17)16-12-7-5-11(15)6-8-12/h5-8,13,16H,2-4,9-10H2,1H3. The van der Waals surface area contributed by atoms with Crippen LogP contribution in [0.1, 0.15) is 26.2 Å². The summed E-state index contributed by atoms with van der Waals surface area (Å²) in [6.07, 6.45) is 2.62. The summed E-state index contributed by atoms with van der Waals surface area (Å²) in [5.74, 6) is -0.0208. The Morgan fingerprint density at radius 3 is 2.83 bits per heavy atom. The third kappa shape index (κ3) is 3.22. The van der Waals surface area contributed by atoms with E-state index in [0.29, 0.717) is 6.42 Å². The van der Waals surface area contributed by atoms with Crippen molar-refractivity contribution < 1.29 is 9.18 Å². The van der Waals surface area contributed by atoms with E-state index in [-0.39, 0.29) is 17.8 Å². The minimum atomic E-state index is -0.230. The van der Waals surface area contributed by atoms with Crippen molar-refractivity contribution in [2.75, 3.05) is 18.4 Å². The Labute approximate surface area is 107 Å². The van der Waals surface area contributed by atoms with Gasteiger partial charge in [-0.1, -0.05) is 6.92 Å². The zero-order valence-electron chi connectivity index (χ0n) is 10.7. The van der Waals surface area contributed by atoms with Crippen LogP contribution < -0.4 is 5.32 Å². The highest BCUT2D eigenvalue weighted by Gasteiger charge is 2.22. The van der Waals surface area contributed by atoms with Gasteiger partial charge in [0.25, 0.3) is 0 Å². The average molecular weight is 250 g/mol. The number of hydrogen-bond acceptors (Lipinski definition) is 2. The lowest BCUT2D eigenvalue weighted by molar-refractivity contribution is -0.131. The van der Waals surface area contributed by atoms with Crippen LogP contribution in [0.4, 0.5) is 10.1 Å². The van der Waals surface area contributed by atoms with Crippen LogP contribution >= 0.6 is 0 Å². The zero-order chi connectivity index (χ0) is 13.0. The summed E-state index contributed by atoms with van der Waals surface area (Å²) in [6.45, 7) is 3.48. The lowest BCUT2D eigenvalue weighted by Gasteiger charge is -2.33. The predicted molar refractivity (Wildman–Crippen MR) is 69.9 cm³/mol. The molecule has 1 aromatic carbocycles. The number of anilines is 1. The lowest BCUT2D eigenvalue weighted by Crippen LogP contribution is -2.44. The van der Waals surface area contributed by atoms with E-state index >= 15 is 0 Å². The predicted octanol–water partition coefficient (Wildman–Crippen LogP) is 2.64. The van der Waals surface area contributed by atoms with Gasteiger partial charge < -0.3 is 10.2 Å². The monoisotopic (exact) mass is 250 g/mol. The van der Waals surface area contributed by atoms with Gasteiger partial charge in [-0.15, -0.1) is 0 Å². The van der Waals surface area contributed by atoms with E-state index in [1.54, 1.807) is 12.1 Å². The number of amides is 1. The summed E-state index contributed by atoms with van der Waals surface area (Å²) < 4.78 is 12.8. The molecule has 1 atom stereocenters. The van der Waals surface area contributed by atoms with Crippen molar-refractivity contribution in [1.29, 1.82) is 0 Å². The minimum Gasteiger partial charge on any atom is -0.381 e. The van der Waals surface area contributed by atoms with Gasteiger partial charge in [-0.25, -0.2) is 4.39 Å². The SMILES string of the molecule is CCC(=O)N1CCCC(Nc2ccc(F)cc2)C1. The fourth-order valence-electron chi connectivity index (χ4n) is 2.33. The first-order valence-electron chi connectivity index (χ1n) is 6.49. The number of benzene rings is 1. The fraction of sp³-hybridized carbons (Fsp3) is 0.500. The summed E-state index contributed by atoms with van der Waals surface area (Å²) in [4.78, 5) is 13.6. The number of carbonyl (C=O) groups excluding carboxylic acids is 1. The Kier molecular flexibility index (Phi) is 4.18. The van der Waals surface area contributed by atoms with E-state index < -0.39 is 0 Å². The fourth-order valence-corrected chi connectivity index (χ4v) is 2.33. The van der Waals surface area contributed by atoms with Gasteiger partial charge in [0.2, 0.25) is 5.91 Å². The largest absolute Gasteiger partial charge is 0.381 e. The molecule has 3 nitrogen and oxygen atoms in total. The van der Waals surface area contributed by atoms with Crippen molar-refractivity contribution in [3.8, 4) is 0 Å². The first-order valence-corrected chi connectivity index (χ1v) is 6.49. The minimum absolute atomic E-state index is 0.209. The molecule has 1 heterocycles. The van der Waals surface area contributed by atoms with Gasteiger partial charge in [-0.3, -0.25) is 4.79 Å². The van der Waals surface area contributed by atoms with E-state index in [1.807, 2.05) is 11.8 Å². The molecule has 0 spiro atoms. The Balaban J connectivity index is 1.93. The number of rotatable bonds is 3. The van der Waals surface area contributed by atoms with Crippen LogP contribution in [-0.2, 0) is 4.79 Å². The van der Waals surface area contributed by atoms with Gasteiger partial charge >= 0.3 is 0 Å². The second kappa shape index (κ2) is 5.85. The molecule has 0 aliphatic carbocycles. The maximum absolute atomic E-state index is 12.8. The van der Waals surface area contributed by atoms with E-state index in [2.05, 4.69) is 5.32 Å². The Morgan fingerprint density at radius 2 is 2.17 bits per heavy atom. The zero-order valence-corrected chi connectivity index (χ0v) is 10.7. The molecule has 0 aromatic heterocycles. The molecular formula is C14H19FN2O. The Bertz CT molecular complexity index is 405. The number of halogens is 1. The van der Waals surface area contributed by atoms with Gasteiger partial charge in [0.15, 0.2) is 0 Å². The molecule has 0 saturated carbocycles. The van der Waals surface area contributed by atoms with Crippen LogP contribution in [0.2, 0.25) is 0 Å². The smallest absolute Gasteiger partial charge is 0.222 e. The van der Waals surface area contributed by atoms with E-state index in [9.17, 15) is 9.18 Å². The van der Waals surface area contributed by atoms with Gasteiger partial charge in [-0.2, -0.15) is 0 Å². The van der Waals surface area contributed by atoms with Crippen LogP contribution in [0.5, 0.6) is 0 Å². The van der Waals surface area contributed by atoms with Crippen LogP contribution in [0.25, 0.3) is 0 Å². The number of likely N-dealkylation sites (tertiary alicyclic amines) is 1. The highest BCUT2D eigenvalue weighted by atomic mass is 19.1. The van der Waals surface area contributed by atoms with Crippen LogP contribution in [-0.4, -0.2) is 29.9 Å². The number of piperidine rings is 1. The van der Waals surface area contributed by atoms with E-state index in [1.165, 1.54) is 12.1 Å². The molecule has 1 fully saturated rings.